The SMILES string of the molecule is C=CCNc1nc(N)c([N+](=O)[O-])c(N2CC[NH+](C)CC2)n1. The zero-order valence-corrected chi connectivity index (χ0v) is 12.0. The van der Waals surface area contributed by atoms with E-state index in [1.165, 1.54) is 4.90 Å². The number of aromatic nitrogens is 2. The van der Waals surface area contributed by atoms with Crippen molar-refractivity contribution in [1.82, 2.24) is 9.97 Å². The molecule has 2 heterocycles. The van der Waals surface area contributed by atoms with E-state index in [4.69, 9.17) is 5.73 Å². The van der Waals surface area contributed by atoms with E-state index in [0.29, 0.717) is 19.6 Å². The van der Waals surface area contributed by atoms with E-state index in [2.05, 4.69) is 28.9 Å². The number of rotatable bonds is 5. The third kappa shape index (κ3) is 3.37. The fourth-order valence-electron chi connectivity index (χ4n) is 2.20. The Morgan fingerprint density at radius 3 is 2.76 bits per heavy atom. The molecule has 0 amide bonds. The number of nitrogens with two attached hydrogens (primary N) is 1. The van der Waals surface area contributed by atoms with Gasteiger partial charge in [0.1, 0.15) is 0 Å². The van der Waals surface area contributed by atoms with Gasteiger partial charge in [-0.15, -0.1) is 6.58 Å². The predicted molar refractivity (Wildman–Crippen MR) is 80.6 cm³/mol. The molecule has 0 saturated carbocycles. The van der Waals surface area contributed by atoms with E-state index in [9.17, 15) is 10.1 Å². The fraction of sp³-hybridized carbons (Fsp3) is 0.500. The van der Waals surface area contributed by atoms with E-state index < -0.39 is 4.92 Å². The standard InChI is InChI=1S/C12H19N7O2/c1-3-4-14-12-15-10(13)9(19(20)21)11(16-12)18-7-5-17(2)6-8-18/h3H,1,4-8H2,2H3,(H3,13,14,15,16)/p+1. The number of nitrogen functional groups attached to an aromatic ring is 1. The third-order valence-corrected chi connectivity index (χ3v) is 3.40. The van der Waals surface area contributed by atoms with Gasteiger partial charge in [-0.25, -0.2) is 0 Å². The van der Waals surface area contributed by atoms with Crippen molar-refractivity contribution in [2.45, 2.75) is 0 Å². The van der Waals surface area contributed by atoms with Gasteiger partial charge < -0.3 is 20.9 Å². The molecule has 1 aliphatic heterocycles. The van der Waals surface area contributed by atoms with Gasteiger partial charge >= 0.3 is 5.69 Å². The second kappa shape index (κ2) is 6.35. The smallest absolute Gasteiger partial charge is 0.353 e. The molecule has 0 aliphatic carbocycles. The first-order valence-corrected chi connectivity index (χ1v) is 6.76. The van der Waals surface area contributed by atoms with Crippen molar-refractivity contribution in [3.05, 3.63) is 22.8 Å². The summed E-state index contributed by atoms with van der Waals surface area (Å²) in [5.74, 6) is 0.439. The highest BCUT2D eigenvalue weighted by molar-refractivity contribution is 5.71. The Bertz CT molecular complexity index is 541. The van der Waals surface area contributed by atoms with Crippen molar-refractivity contribution in [3.63, 3.8) is 0 Å². The van der Waals surface area contributed by atoms with Gasteiger partial charge in [0.25, 0.3) is 0 Å². The Hall–Kier alpha value is -2.42. The third-order valence-electron chi connectivity index (χ3n) is 3.40. The number of anilines is 3. The molecule has 0 bridgehead atoms. The Morgan fingerprint density at radius 1 is 1.52 bits per heavy atom. The molecular weight excluding hydrogens is 274 g/mol. The van der Waals surface area contributed by atoms with Gasteiger partial charge in [-0.3, -0.25) is 10.1 Å². The first-order valence-electron chi connectivity index (χ1n) is 6.76. The molecule has 1 aromatic rings. The summed E-state index contributed by atoms with van der Waals surface area (Å²) in [6.07, 6.45) is 1.65. The fourth-order valence-corrected chi connectivity index (χ4v) is 2.20. The van der Waals surface area contributed by atoms with Crippen molar-refractivity contribution in [1.29, 1.82) is 0 Å². The summed E-state index contributed by atoms with van der Waals surface area (Å²) in [7, 11) is 2.09. The van der Waals surface area contributed by atoms with Crippen LogP contribution in [0.1, 0.15) is 0 Å². The average Bonchev–Trinajstić information content (AvgIpc) is 2.44. The molecule has 0 unspecified atom stereocenters. The van der Waals surface area contributed by atoms with Crippen LogP contribution in [-0.2, 0) is 0 Å². The molecule has 0 aromatic carbocycles. The minimum absolute atomic E-state index is 0.122. The summed E-state index contributed by atoms with van der Waals surface area (Å²) in [6.45, 7) is 7.25. The molecule has 9 nitrogen and oxygen atoms in total. The van der Waals surface area contributed by atoms with Gasteiger partial charge in [0.15, 0.2) is 0 Å². The van der Waals surface area contributed by atoms with Crippen molar-refractivity contribution in [3.8, 4) is 0 Å². The molecule has 1 aromatic heterocycles. The van der Waals surface area contributed by atoms with E-state index >= 15 is 0 Å². The van der Waals surface area contributed by atoms with Crippen LogP contribution in [0.5, 0.6) is 0 Å². The number of likely N-dealkylation sites (N-methyl/N-ethyl adjacent to an activating group) is 1. The zero-order valence-electron chi connectivity index (χ0n) is 12.0. The van der Waals surface area contributed by atoms with E-state index in [-0.39, 0.29) is 23.3 Å². The van der Waals surface area contributed by atoms with Crippen LogP contribution in [0.25, 0.3) is 0 Å². The number of piperazine rings is 1. The minimum Gasteiger partial charge on any atom is -0.378 e. The van der Waals surface area contributed by atoms with Gasteiger partial charge in [0.05, 0.1) is 38.2 Å². The van der Waals surface area contributed by atoms with Crippen LogP contribution >= 0.6 is 0 Å². The molecule has 2 rings (SSSR count). The molecular formula is C12H20N7O2+. The predicted octanol–water partition coefficient (Wildman–Crippen LogP) is -1.10. The molecule has 0 spiro atoms. The summed E-state index contributed by atoms with van der Waals surface area (Å²) in [5, 5.41) is 14.2. The summed E-state index contributed by atoms with van der Waals surface area (Å²) in [6, 6.07) is 0. The van der Waals surface area contributed by atoms with E-state index in [0.717, 1.165) is 13.1 Å². The highest BCUT2D eigenvalue weighted by Crippen LogP contribution is 2.31. The molecule has 9 heteroatoms. The maximum Gasteiger partial charge on any atom is 0.353 e. The van der Waals surface area contributed by atoms with Crippen LogP contribution in [-0.4, -0.2) is 54.7 Å². The largest absolute Gasteiger partial charge is 0.378 e. The van der Waals surface area contributed by atoms with Crippen LogP contribution in [0.2, 0.25) is 0 Å². The van der Waals surface area contributed by atoms with E-state index in [1.807, 2.05) is 4.90 Å². The molecule has 1 saturated heterocycles. The van der Waals surface area contributed by atoms with Crippen molar-refractivity contribution in [2.75, 3.05) is 55.7 Å². The maximum absolute atomic E-state index is 11.3. The zero-order chi connectivity index (χ0) is 15.4. The van der Waals surface area contributed by atoms with Gasteiger partial charge in [0.2, 0.25) is 17.6 Å². The number of hydrogen-bond acceptors (Lipinski definition) is 7. The second-order valence-electron chi connectivity index (χ2n) is 4.98. The van der Waals surface area contributed by atoms with Gasteiger partial charge in [-0.05, 0) is 0 Å². The lowest BCUT2D eigenvalue weighted by molar-refractivity contribution is -0.880. The average molecular weight is 294 g/mol. The number of nitrogens with one attached hydrogen (secondary N) is 2. The number of quaternary nitrogens is 1. The van der Waals surface area contributed by atoms with Crippen LogP contribution in [0, 0.1) is 10.1 Å². The van der Waals surface area contributed by atoms with Crippen LogP contribution in [0.15, 0.2) is 12.7 Å². The van der Waals surface area contributed by atoms with Crippen LogP contribution < -0.4 is 20.9 Å². The summed E-state index contributed by atoms with van der Waals surface area (Å²) >= 11 is 0. The summed E-state index contributed by atoms with van der Waals surface area (Å²) < 4.78 is 0. The Kier molecular flexibility index (Phi) is 4.53. The van der Waals surface area contributed by atoms with Crippen LogP contribution in [0.4, 0.5) is 23.3 Å². The Labute approximate surface area is 122 Å². The normalized spacial score (nSPS) is 15.8. The molecule has 0 atom stereocenters. The highest BCUT2D eigenvalue weighted by atomic mass is 16.6. The maximum atomic E-state index is 11.3. The summed E-state index contributed by atoms with van der Waals surface area (Å²) in [4.78, 5) is 22.2. The minimum atomic E-state index is -0.521. The first-order chi connectivity index (χ1) is 10.0. The van der Waals surface area contributed by atoms with E-state index in [1.54, 1.807) is 6.08 Å². The van der Waals surface area contributed by atoms with Gasteiger partial charge in [-0.2, -0.15) is 9.97 Å². The lowest BCUT2D eigenvalue weighted by Gasteiger charge is -2.30. The second-order valence-corrected chi connectivity index (χ2v) is 4.98. The number of nitrogens with zero attached hydrogens (tertiary/aromatic N) is 4. The molecule has 0 radical (unpaired) electrons. The first kappa shape index (κ1) is 15.0. The molecule has 1 aliphatic rings. The lowest BCUT2D eigenvalue weighted by atomic mass is 10.3. The lowest BCUT2D eigenvalue weighted by Crippen LogP contribution is -3.12. The quantitative estimate of drug-likeness (QED) is 0.359. The number of hydrogen-bond donors (Lipinski definition) is 3. The molecule has 114 valence electrons. The molecule has 1 fully saturated rings. The van der Waals surface area contributed by atoms with Crippen LogP contribution in [0.3, 0.4) is 0 Å². The monoisotopic (exact) mass is 294 g/mol. The Balaban J connectivity index is 2.37. The van der Waals surface area contributed by atoms with Crippen molar-refractivity contribution < 1.29 is 9.82 Å². The topological polar surface area (TPSA) is 115 Å². The molecule has 4 N–H and O–H groups in total. The van der Waals surface area contributed by atoms with Gasteiger partial charge in [0, 0.05) is 6.54 Å². The highest BCUT2D eigenvalue weighted by Gasteiger charge is 2.29. The van der Waals surface area contributed by atoms with Crippen molar-refractivity contribution >= 4 is 23.3 Å². The Morgan fingerprint density at radius 2 is 2.19 bits per heavy atom. The summed E-state index contributed by atoms with van der Waals surface area (Å²) in [5.41, 5.74) is 5.51. The molecule has 21 heavy (non-hydrogen) atoms. The van der Waals surface area contributed by atoms with Crippen molar-refractivity contribution in [2.24, 2.45) is 0 Å². The van der Waals surface area contributed by atoms with Gasteiger partial charge in [-0.1, -0.05) is 6.08 Å². The number of nitro groups is 1.